The highest BCUT2D eigenvalue weighted by Gasteiger charge is 2.19. The third kappa shape index (κ3) is 4.31. The normalized spacial score (nSPS) is 13.0. The van der Waals surface area contributed by atoms with E-state index in [1.807, 2.05) is 24.3 Å². The molecule has 3 nitrogen and oxygen atoms in total. The summed E-state index contributed by atoms with van der Waals surface area (Å²) in [5.41, 5.74) is 1.15. The second-order valence-corrected chi connectivity index (χ2v) is 5.14. The summed E-state index contributed by atoms with van der Waals surface area (Å²) in [6, 6.07) is 8.19. The maximum atomic E-state index is 10.7. The molecule has 0 fully saturated rings. The molecule has 1 rings (SSSR count). The van der Waals surface area contributed by atoms with E-state index in [0.29, 0.717) is 17.6 Å². The second kappa shape index (κ2) is 6.76. The van der Waals surface area contributed by atoms with Gasteiger partial charge in [-0.2, -0.15) is 0 Å². The Kier molecular flexibility index (Phi) is 5.63. The van der Waals surface area contributed by atoms with Gasteiger partial charge in [0.25, 0.3) is 0 Å². The molecule has 0 radical (unpaired) electrons. The molecule has 1 aromatic rings. The fraction of sp³-hybridized carbons (Fsp3) is 0.500. The summed E-state index contributed by atoms with van der Waals surface area (Å²) in [5.74, 6) is -0.760. The highest BCUT2D eigenvalue weighted by atomic mass is 35.5. The van der Waals surface area contributed by atoms with E-state index in [0.717, 1.165) is 5.56 Å². The van der Waals surface area contributed by atoms with E-state index in [-0.39, 0.29) is 12.5 Å². The maximum Gasteiger partial charge on any atom is 0.304 e. The first kappa shape index (κ1) is 15.0. The summed E-state index contributed by atoms with van der Waals surface area (Å²) in [6.07, 6.45) is 0.163. The minimum atomic E-state index is -0.760. The molecule has 0 spiro atoms. The number of carbonyl (C=O) groups is 1. The Morgan fingerprint density at radius 1 is 1.28 bits per heavy atom. The van der Waals surface area contributed by atoms with Gasteiger partial charge in [0, 0.05) is 23.7 Å². The van der Waals surface area contributed by atoms with Crippen LogP contribution in [0.25, 0.3) is 0 Å². The van der Waals surface area contributed by atoms with E-state index in [1.165, 1.54) is 0 Å². The molecule has 0 aliphatic carbocycles. The van der Waals surface area contributed by atoms with Crippen molar-refractivity contribution in [3.05, 3.63) is 34.9 Å². The number of hydrogen-bond acceptors (Lipinski definition) is 2. The van der Waals surface area contributed by atoms with Crippen molar-refractivity contribution in [2.24, 2.45) is 0 Å². The zero-order valence-corrected chi connectivity index (χ0v) is 11.8. The van der Waals surface area contributed by atoms with Gasteiger partial charge in [-0.05, 0) is 38.5 Å². The number of rotatable bonds is 6. The van der Waals surface area contributed by atoms with Gasteiger partial charge in [0.15, 0.2) is 0 Å². The number of carboxylic acids is 1. The van der Waals surface area contributed by atoms with Gasteiger partial charge in [-0.15, -0.1) is 0 Å². The lowest BCUT2D eigenvalue weighted by Gasteiger charge is -2.32. The average Bonchev–Trinajstić information content (AvgIpc) is 2.29. The first-order valence-corrected chi connectivity index (χ1v) is 6.52. The minimum absolute atomic E-state index is 0.163. The Morgan fingerprint density at radius 3 is 2.28 bits per heavy atom. The molecule has 18 heavy (non-hydrogen) atoms. The Labute approximate surface area is 113 Å². The summed E-state index contributed by atoms with van der Waals surface area (Å²) in [6.45, 7) is 6.80. The van der Waals surface area contributed by atoms with E-state index in [1.54, 1.807) is 0 Å². The summed E-state index contributed by atoms with van der Waals surface area (Å²) in [4.78, 5) is 12.9. The molecule has 0 aromatic heterocycles. The van der Waals surface area contributed by atoms with Crippen molar-refractivity contribution >= 4 is 17.6 Å². The lowest BCUT2D eigenvalue weighted by Crippen LogP contribution is -2.35. The molecule has 1 aromatic carbocycles. The predicted octanol–water partition coefficient (Wildman–Crippen LogP) is 3.59. The highest BCUT2D eigenvalue weighted by molar-refractivity contribution is 6.30. The van der Waals surface area contributed by atoms with Gasteiger partial charge in [0.1, 0.15) is 0 Å². The largest absolute Gasteiger partial charge is 0.481 e. The van der Waals surface area contributed by atoms with Crippen molar-refractivity contribution in [3.8, 4) is 0 Å². The smallest absolute Gasteiger partial charge is 0.304 e. The fourth-order valence-corrected chi connectivity index (χ4v) is 2.18. The van der Waals surface area contributed by atoms with E-state index in [4.69, 9.17) is 16.7 Å². The maximum absolute atomic E-state index is 10.7. The molecule has 1 N–H and O–H groups in total. The van der Waals surface area contributed by atoms with Gasteiger partial charge in [-0.25, -0.2) is 0 Å². The molecule has 0 saturated carbocycles. The van der Waals surface area contributed by atoms with E-state index >= 15 is 0 Å². The molecule has 4 heteroatoms. The lowest BCUT2D eigenvalue weighted by molar-refractivity contribution is -0.137. The van der Waals surface area contributed by atoms with Crippen LogP contribution in [0.5, 0.6) is 0 Å². The van der Waals surface area contributed by atoms with Gasteiger partial charge in [0.05, 0.1) is 6.42 Å². The molecule has 0 aliphatic rings. The van der Waals surface area contributed by atoms with Gasteiger partial charge >= 0.3 is 5.97 Å². The number of carboxylic acid groups (broad SMARTS) is 1. The zero-order valence-electron chi connectivity index (χ0n) is 11.1. The summed E-state index contributed by atoms with van der Waals surface area (Å²) < 4.78 is 0. The molecule has 1 unspecified atom stereocenters. The lowest BCUT2D eigenvalue weighted by atomic mass is 10.1. The number of halogens is 1. The number of benzene rings is 1. The van der Waals surface area contributed by atoms with Gasteiger partial charge in [-0.3, -0.25) is 9.69 Å². The van der Waals surface area contributed by atoms with Crippen LogP contribution in [0.1, 0.15) is 38.8 Å². The van der Waals surface area contributed by atoms with Crippen LogP contribution in [0.2, 0.25) is 5.02 Å². The quantitative estimate of drug-likeness (QED) is 0.858. The van der Waals surface area contributed by atoms with Crippen LogP contribution in [0.15, 0.2) is 24.3 Å². The van der Waals surface area contributed by atoms with Crippen molar-refractivity contribution < 1.29 is 9.90 Å². The zero-order chi connectivity index (χ0) is 13.7. The van der Waals surface area contributed by atoms with Gasteiger partial charge in [0.2, 0.25) is 0 Å². The van der Waals surface area contributed by atoms with Crippen LogP contribution >= 0.6 is 11.6 Å². The molecule has 1 atom stereocenters. The summed E-state index contributed by atoms with van der Waals surface area (Å²) in [5, 5.41) is 9.50. The highest BCUT2D eigenvalue weighted by Crippen LogP contribution is 2.24. The third-order valence-electron chi connectivity index (χ3n) is 3.10. The molecule has 0 saturated heterocycles. The average molecular weight is 270 g/mol. The predicted molar refractivity (Wildman–Crippen MR) is 74.0 cm³/mol. The van der Waals surface area contributed by atoms with Gasteiger partial charge < -0.3 is 5.11 Å². The Balaban J connectivity index is 2.78. The van der Waals surface area contributed by atoms with Gasteiger partial charge in [-0.1, -0.05) is 23.7 Å². The molecular formula is C14H20ClNO2. The summed E-state index contributed by atoms with van der Waals surface area (Å²) >= 11 is 5.87. The topological polar surface area (TPSA) is 40.5 Å². The third-order valence-corrected chi connectivity index (χ3v) is 3.35. The molecular weight excluding hydrogens is 250 g/mol. The van der Waals surface area contributed by atoms with Crippen LogP contribution in [0.4, 0.5) is 0 Å². The second-order valence-electron chi connectivity index (χ2n) is 4.70. The molecule has 0 aliphatic heterocycles. The number of hydrogen-bond donors (Lipinski definition) is 1. The monoisotopic (exact) mass is 269 g/mol. The first-order chi connectivity index (χ1) is 8.41. The Bertz CT molecular complexity index is 389. The van der Waals surface area contributed by atoms with Crippen LogP contribution in [-0.4, -0.2) is 28.6 Å². The van der Waals surface area contributed by atoms with Crippen LogP contribution in [0.3, 0.4) is 0 Å². The molecule has 100 valence electrons. The first-order valence-electron chi connectivity index (χ1n) is 6.14. The van der Waals surface area contributed by atoms with Crippen LogP contribution in [-0.2, 0) is 4.79 Å². The number of aliphatic carboxylic acids is 1. The van der Waals surface area contributed by atoms with Crippen molar-refractivity contribution in [1.82, 2.24) is 4.90 Å². The van der Waals surface area contributed by atoms with Crippen LogP contribution < -0.4 is 0 Å². The standard InChI is InChI=1S/C14H20ClNO2/c1-10(2)16(9-8-14(17)18)11(3)12-4-6-13(15)7-5-12/h4-7,10-11H,8-9H2,1-3H3,(H,17,18). The number of nitrogens with zero attached hydrogens (tertiary/aromatic N) is 1. The van der Waals surface area contributed by atoms with E-state index in [9.17, 15) is 4.79 Å². The van der Waals surface area contributed by atoms with Crippen molar-refractivity contribution in [2.75, 3.05) is 6.54 Å². The van der Waals surface area contributed by atoms with Crippen molar-refractivity contribution in [3.63, 3.8) is 0 Å². The van der Waals surface area contributed by atoms with Crippen molar-refractivity contribution in [1.29, 1.82) is 0 Å². The van der Waals surface area contributed by atoms with E-state index in [2.05, 4.69) is 25.7 Å². The Hall–Kier alpha value is -1.06. The minimum Gasteiger partial charge on any atom is -0.481 e. The fourth-order valence-electron chi connectivity index (χ4n) is 2.06. The molecule has 0 bridgehead atoms. The molecule has 0 heterocycles. The molecule has 0 amide bonds. The van der Waals surface area contributed by atoms with Crippen molar-refractivity contribution in [2.45, 2.75) is 39.3 Å². The summed E-state index contributed by atoms with van der Waals surface area (Å²) in [7, 11) is 0. The SMILES string of the molecule is CC(C)N(CCC(=O)O)C(C)c1ccc(Cl)cc1. The van der Waals surface area contributed by atoms with E-state index < -0.39 is 5.97 Å². The Morgan fingerprint density at radius 2 is 1.83 bits per heavy atom. The van der Waals surface area contributed by atoms with Crippen LogP contribution in [0, 0.1) is 0 Å².